The molecular formula is C18H19N3O3. The van der Waals surface area contributed by atoms with Crippen molar-refractivity contribution < 1.29 is 14.7 Å². The number of carbonyl (C=O) groups is 1. The maximum absolute atomic E-state index is 11.5. The van der Waals surface area contributed by atoms with Crippen LogP contribution in [0.3, 0.4) is 0 Å². The van der Waals surface area contributed by atoms with E-state index >= 15 is 0 Å². The number of nitrogens with one attached hydrogen (secondary N) is 2. The Labute approximate surface area is 139 Å². The van der Waals surface area contributed by atoms with Crippen molar-refractivity contribution in [3.05, 3.63) is 48.0 Å². The van der Waals surface area contributed by atoms with Gasteiger partial charge in [0.25, 0.3) is 5.91 Å². The highest BCUT2D eigenvalue weighted by Crippen LogP contribution is 2.23. The first kappa shape index (κ1) is 16.0. The lowest BCUT2D eigenvalue weighted by Crippen LogP contribution is -2.18. The Bertz CT molecular complexity index is 854. The van der Waals surface area contributed by atoms with Gasteiger partial charge in [-0.15, -0.1) is 0 Å². The number of aromatic nitrogens is 2. The summed E-state index contributed by atoms with van der Waals surface area (Å²) in [4.78, 5) is 19.2. The average molecular weight is 325 g/mol. The van der Waals surface area contributed by atoms with Gasteiger partial charge in [0.1, 0.15) is 11.6 Å². The molecule has 124 valence electrons. The number of imidazole rings is 1. The number of nitrogens with zero attached hydrogens (tertiary/aromatic N) is 1. The van der Waals surface area contributed by atoms with Gasteiger partial charge in [0.2, 0.25) is 0 Å². The molecule has 0 atom stereocenters. The number of hydrogen-bond donors (Lipinski definition) is 3. The Kier molecular flexibility index (Phi) is 4.48. The Morgan fingerprint density at radius 3 is 2.67 bits per heavy atom. The van der Waals surface area contributed by atoms with Crippen LogP contribution in [-0.2, 0) is 0 Å². The predicted octanol–water partition coefficient (Wildman–Crippen LogP) is 3.38. The van der Waals surface area contributed by atoms with Crippen LogP contribution in [0.15, 0.2) is 42.5 Å². The van der Waals surface area contributed by atoms with Crippen LogP contribution in [0, 0.1) is 5.92 Å². The second-order valence-corrected chi connectivity index (χ2v) is 5.99. The third-order valence-electron chi connectivity index (χ3n) is 3.56. The smallest absolute Gasteiger partial charge is 0.274 e. The largest absolute Gasteiger partial charge is 0.493 e. The first-order valence-corrected chi connectivity index (χ1v) is 7.74. The molecule has 0 aliphatic rings. The molecule has 3 N–H and O–H groups in total. The predicted molar refractivity (Wildman–Crippen MR) is 91.1 cm³/mol. The minimum atomic E-state index is -0.556. The van der Waals surface area contributed by atoms with E-state index in [1.807, 2.05) is 24.3 Å². The number of carbonyl (C=O) groups excluding carboxylic acids is 1. The molecular weight excluding hydrogens is 306 g/mol. The summed E-state index contributed by atoms with van der Waals surface area (Å²) < 4.78 is 5.67. The monoisotopic (exact) mass is 325 g/mol. The summed E-state index contributed by atoms with van der Waals surface area (Å²) in [5.74, 6) is 1.46. The molecule has 2 aromatic carbocycles. The lowest BCUT2D eigenvalue weighted by atomic mass is 10.2. The number of amides is 1. The van der Waals surface area contributed by atoms with E-state index in [1.54, 1.807) is 23.7 Å². The van der Waals surface area contributed by atoms with E-state index in [9.17, 15) is 4.79 Å². The lowest BCUT2D eigenvalue weighted by molar-refractivity contribution is 0.0706. The first-order valence-electron chi connectivity index (χ1n) is 7.74. The quantitative estimate of drug-likeness (QED) is 0.496. The maximum Gasteiger partial charge on any atom is 0.274 e. The van der Waals surface area contributed by atoms with Gasteiger partial charge < -0.3 is 9.72 Å². The molecule has 1 heterocycles. The standard InChI is InChI=1S/C18H19N3O3/c1-11(2)10-24-14-6-3-12(4-7-14)17-19-15-8-5-13(18(22)21-23)9-16(15)20-17/h3-9,11,23H,10H2,1-2H3,(H,19,20)(H,21,22). The maximum atomic E-state index is 11.5. The minimum Gasteiger partial charge on any atom is -0.493 e. The van der Waals surface area contributed by atoms with Crippen molar-refractivity contribution in [2.75, 3.05) is 6.61 Å². The van der Waals surface area contributed by atoms with Gasteiger partial charge in [-0.05, 0) is 48.4 Å². The number of aromatic amines is 1. The fourth-order valence-electron chi connectivity index (χ4n) is 2.32. The number of rotatable bonds is 5. The molecule has 1 amide bonds. The van der Waals surface area contributed by atoms with E-state index in [-0.39, 0.29) is 0 Å². The van der Waals surface area contributed by atoms with Crippen LogP contribution in [0.4, 0.5) is 0 Å². The number of ether oxygens (including phenoxy) is 1. The van der Waals surface area contributed by atoms with Gasteiger partial charge in [-0.3, -0.25) is 10.0 Å². The Balaban J connectivity index is 1.85. The van der Waals surface area contributed by atoms with E-state index in [1.165, 1.54) is 0 Å². The summed E-state index contributed by atoms with van der Waals surface area (Å²) in [6, 6.07) is 12.7. The summed E-state index contributed by atoms with van der Waals surface area (Å²) in [6.07, 6.45) is 0. The van der Waals surface area contributed by atoms with Crippen molar-refractivity contribution in [3.63, 3.8) is 0 Å². The topological polar surface area (TPSA) is 87.2 Å². The number of hydrogen-bond acceptors (Lipinski definition) is 4. The number of benzene rings is 2. The molecule has 0 saturated carbocycles. The molecule has 6 heteroatoms. The third-order valence-corrected chi connectivity index (χ3v) is 3.56. The molecule has 0 aliphatic heterocycles. The first-order chi connectivity index (χ1) is 11.6. The molecule has 0 radical (unpaired) electrons. The molecule has 0 aliphatic carbocycles. The molecule has 1 aromatic heterocycles. The highest BCUT2D eigenvalue weighted by molar-refractivity contribution is 5.97. The highest BCUT2D eigenvalue weighted by Gasteiger charge is 2.09. The van der Waals surface area contributed by atoms with Gasteiger partial charge in [0, 0.05) is 11.1 Å². The fourth-order valence-corrected chi connectivity index (χ4v) is 2.32. The zero-order chi connectivity index (χ0) is 17.1. The fraction of sp³-hybridized carbons (Fsp3) is 0.222. The molecule has 6 nitrogen and oxygen atoms in total. The van der Waals surface area contributed by atoms with Gasteiger partial charge in [0.15, 0.2) is 0 Å². The van der Waals surface area contributed by atoms with Crippen molar-refractivity contribution in [1.82, 2.24) is 15.4 Å². The van der Waals surface area contributed by atoms with Crippen molar-refractivity contribution in [2.24, 2.45) is 5.92 Å². The van der Waals surface area contributed by atoms with Crippen molar-refractivity contribution in [2.45, 2.75) is 13.8 Å². The van der Waals surface area contributed by atoms with Crippen LogP contribution in [0.25, 0.3) is 22.4 Å². The lowest BCUT2D eigenvalue weighted by Gasteiger charge is -2.08. The summed E-state index contributed by atoms with van der Waals surface area (Å²) in [6.45, 7) is 4.89. The van der Waals surface area contributed by atoms with Gasteiger partial charge in [-0.2, -0.15) is 0 Å². The molecule has 3 aromatic rings. The minimum absolute atomic E-state index is 0.359. The molecule has 0 unspecified atom stereocenters. The van der Waals surface area contributed by atoms with E-state index in [4.69, 9.17) is 9.94 Å². The number of H-pyrrole nitrogens is 1. The van der Waals surface area contributed by atoms with E-state index in [2.05, 4.69) is 23.8 Å². The van der Waals surface area contributed by atoms with Crippen molar-refractivity contribution in [1.29, 1.82) is 0 Å². The second-order valence-electron chi connectivity index (χ2n) is 5.99. The van der Waals surface area contributed by atoms with E-state index in [0.29, 0.717) is 23.9 Å². The van der Waals surface area contributed by atoms with Gasteiger partial charge in [-0.25, -0.2) is 10.5 Å². The second kappa shape index (κ2) is 6.72. The van der Waals surface area contributed by atoms with Crippen LogP contribution in [0.2, 0.25) is 0 Å². The Hall–Kier alpha value is -2.86. The van der Waals surface area contributed by atoms with Gasteiger partial charge in [0.05, 0.1) is 17.6 Å². The summed E-state index contributed by atoms with van der Waals surface area (Å²) >= 11 is 0. The summed E-state index contributed by atoms with van der Waals surface area (Å²) in [7, 11) is 0. The zero-order valence-electron chi connectivity index (χ0n) is 13.5. The van der Waals surface area contributed by atoms with E-state index in [0.717, 1.165) is 22.3 Å². The molecule has 0 fully saturated rings. The molecule has 0 spiro atoms. The molecule has 3 rings (SSSR count). The Morgan fingerprint density at radius 1 is 1.25 bits per heavy atom. The highest BCUT2D eigenvalue weighted by atomic mass is 16.5. The average Bonchev–Trinajstić information content (AvgIpc) is 3.02. The normalized spacial score (nSPS) is 11.0. The SMILES string of the molecule is CC(C)COc1ccc(-c2nc3ccc(C(=O)NO)cc3[nH]2)cc1. The van der Waals surface area contributed by atoms with Crippen LogP contribution in [0.5, 0.6) is 5.75 Å². The van der Waals surface area contributed by atoms with Crippen LogP contribution in [0.1, 0.15) is 24.2 Å². The summed E-state index contributed by atoms with van der Waals surface area (Å²) in [5.41, 5.74) is 4.39. The van der Waals surface area contributed by atoms with Crippen LogP contribution >= 0.6 is 0 Å². The molecule has 0 bridgehead atoms. The number of fused-ring (bicyclic) bond motifs is 1. The zero-order valence-corrected chi connectivity index (χ0v) is 13.5. The molecule has 0 saturated heterocycles. The van der Waals surface area contributed by atoms with Crippen molar-refractivity contribution in [3.8, 4) is 17.1 Å². The van der Waals surface area contributed by atoms with Gasteiger partial charge >= 0.3 is 0 Å². The number of hydroxylamine groups is 1. The third kappa shape index (κ3) is 3.38. The van der Waals surface area contributed by atoms with Crippen LogP contribution < -0.4 is 10.2 Å². The van der Waals surface area contributed by atoms with Gasteiger partial charge in [-0.1, -0.05) is 13.8 Å². The Morgan fingerprint density at radius 2 is 2.00 bits per heavy atom. The van der Waals surface area contributed by atoms with Crippen LogP contribution in [-0.4, -0.2) is 27.7 Å². The van der Waals surface area contributed by atoms with Crippen molar-refractivity contribution >= 4 is 16.9 Å². The summed E-state index contributed by atoms with van der Waals surface area (Å²) in [5, 5.41) is 8.71. The van der Waals surface area contributed by atoms with E-state index < -0.39 is 5.91 Å². The molecule has 24 heavy (non-hydrogen) atoms.